The number of nitrogens with zero attached hydrogens (tertiary/aromatic N) is 3. The average molecular weight is 585 g/mol. The topological polar surface area (TPSA) is 62.3 Å². The van der Waals surface area contributed by atoms with Gasteiger partial charge in [-0.25, -0.2) is 9.97 Å². The van der Waals surface area contributed by atoms with Gasteiger partial charge in [-0.05, 0) is 65.9 Å². The quantitative estimate of drug-likeness (QED) is 0.243. The van der Waals surface area contributed by atoms with Gasteiger partial charge in [0.1, 0.15) is 0 Å². The van der Waals surface area contributed by atoms with Crippen molar-refractivity contribution in [3.05, 3.63) is 106 Å². The molecule has 39 heavy (non-hydrogen) atoms. The van der Waals surface area contributed by atoms with Crippen molar-refractivity contribution in [3.63, 3.8) is 0 Å². The number of morpholine rings is 1. The zero-order chi connectivity index (χ0) is 26.4. The first-order valence-corrected chi connectivity index (χ1v) is 14.6. The van der Waals surface area contributed by atoms with Crippen molar-refractivity contribution >= 4 is 27.6 Å². The van der Waals surface area contributed by atoms with Crippen molar-refractivity contribution in [3.8, 4) is 11.3 Å². The highest BCUT2D eigenvalue weighted by atomic mass is 79.9. The second-order valence-electron chi connectivity index (χ2n) is 10.2. The normalized spacial score (nSPS) is 16.9. The fourth-order valence-electron chi connectivity index (χ4n) is 5.52. The maximum Gasteiger partial charge on any atom is 0.227 e. The highest BCUT2D eigenvalue weighted by molar-refractivity contribution is 9.10. The number of aromatic nitrogens is 2. The van der Waals surface area contributed by atoms with E-state index in [0.717, 1.165) is 74.6 Å². The summed E-state index contributed by atoms with van der Waals surface area (Å²) in [7, 11) is 0. The van der Waals surface area contributed by atoms with Crippen LogP contribution in [0.1, 0.15) is 28.2 Å². The molecule has 1 unspecified atom stereocenters. The molecule has 2 N–H and O–H groups in total. The van der Waals surface area contributed by atoms with E-state index in [4.69, 9.17) is 9.72 Å². The molecule has 0 saturated carbocycles. The molecule has 2 aliphatic rings. The summed E-state index contributed by atoms with van der Waals surface area (Å²) in [5.41, 5.74) is 8.32. The molecule has 200 valence electrons. The first kappa shape index (κ1) is 26.1. The maximum absolute atomic E-state index is 5.42. The first-order valence-electron chi connectivity index (χ1n) is 13.8. The van der Waals surface area contributed by atoms with Gasteiger partial charge in [0.25, 0.3) is 0 Å². The Kier molecular flexibility index (Phi) is 8.30. The Hall–Kier alpha value is -3.10. The van der Waals surface area contributed by atoms with E-state index in [1.165, 1.54) is 27.8 Å². The minimum absolute atomic E-state index is 0.287. The predicted molar refractivity (Wildman–Crippen MR) is 161 cm³/mol. The summed E-state index contributed by atoms with van der Waals surface area (Å²) in [6, 6.07) is 25.8. The van der Waals surface area contributed by atoms with Crippen molar-refractivity contribution in [1.82, 2.24) is 20.2 Å². The lowest BCUT2D eigenvalue weighted by molar-refractivity contribution is 0.0385. The predicted octanol–water partition coefficient (Wildman–Crippen LogP) is 5.80. The van der Waals surface area contributed by atoms with E-state index >= 15 is 0 Å². The smallest absolute Gasteiger partial charge is 0.227 e. The van der Waals surface area contributed by atoms with Crippen LogP contribution in [0.25, 0.3) is 11.3 Å². The van der Waals surface area contributed by atoms with Gasteiger partial charge in [-0.3, -0.25) is 4.90 Å². The molecule has 1 aromatic heterocycles. The zero-order valence-electron chi connectivity index (χ0n) is 22.1. The number of anilines is 2. The lowest BCUT2D eigenvalue weighted by atomic mass is 9.78. The second-order valence-corrected chi connectivity index (χ2v) is 11.2. The molecular formula is C32H34BrN5O. The number of rotatable bonds is 9. The van der Waals surface area contributed by atoms with Gasteiger partial charge < -0.3 is 15.4 Å². The summed E-state index contributed by atoms with van der Waals surface area (Å²) >= 11 is 3.64. The molecular weight excluding hydrogens is 550 g/mol. The van der Waals surface area contributed by atoms with Crippen LogP contribution in [-0.4, -0.2) is 60.8 Å². The Morgan fingerprint density at radius 2 is 1.79 bits per heavy atom. The standard InChI is InChI=1S/C32H34BrN5O/c33-26-5-3-4-24(20-26)30-21-25-22-35-32(37-31(25)29-7-2-1-6-28(29)30)36-27-10-8-23(9-11-27)12-13-34-14-15-38-16-18-39-19-17-38/h1-11,20,22,30,34H,12-19,21H2,(H,35,36,37). The van der Waals surface area contributed by atoms with Gasteiger partial charge in [0.15, 0.2) is 0 Å². The molecule has 1 saturated heterocycles. The molecule has 7 heteroatoms. The van der Waals surface area contributed by atoms with E-state index in [9.17, 15) is 0 Å². The summed E-state index contributed by atoms with van der Waals surface area (Å²) in [6.07, 6.45) is 3.88. The number of nitrogens with one attached hydrogen (secondary N) is 2. The molecule has 0 spiro atoms. The number of benzene rings is 3. The van der Waals surface area contributed by atoms with Crippen LogP contribution in [-0.2, 0) is 17.6 Å². The third kappa shape index (κ3) is 6.39. The number of ether oxygens (including phenoxy) is 1. The van der Waals surface area contributed by atoms with Crippen molar-refractivity contribution < 1.29 is 4.74 Å². The first-order chi connectivity index (χ1) is 19.2. The van der Waals surface area contributed by atoms with Crippen LogP contribution < -0.4 is 10.6 Å². The van der Waals surface area contributed by atoms with Crippen molar-refractivity contribution in [2.24, 2.45) is 0 Å². The molecule has 6 nitrogen and oxygen atoms in total. The molecule has 1 aliphatic carbocycles. The van der Waals surface area contributed by atoms with Gasteiger partial charge in [0.2, 0.25) is 5.95 Å². The number of halogens is 1. The summed E-state index contributed by atoms with van der Waals surface area (Å²) < 4.78 is 6.52. The van der Waals surface area contributed by atoms with E-state index in [1.54, 1.807) is 0 Å². The molecule has 2 heterocycles. The summed E-state index contributed by atoms with van der Waals surface area (Å²) in [5, 5.41) is 6.98. The van der Waals surface area contributed by atoms with Gasteiger partial charge >= 0.3 is 0 Å². The Balaban J connectivity index is 1.08. The lowest BCUT2D eigenvalue weighted by Gasteiger charge is -2.27. The molecule has 1 fully saturated rings. The molecule has 1 atom stereocenters. The van der Waals surface area contributed by atoms with Crippen molar-refractivity contribution in [1.29, 1.82) is 0 Å². The molecule has 4 aromatic rings. The molecule has 1 aliphatic heterocycles. The van der Waals surface area contributed by atoms with Gasteiger partial charge in [0.05, 0.1) is 18.9 Å². The molecule has 3 aromatic carbocycles. The SMILES string of the molecule is Brc1cccc(C2Cc3cnc(Nc4ccc(CCNCCN5CCOCC5)cc4)nc3-c3ccccc32)c1. The fraction of sp³-hybridized carbons (Fsp3) is 0.312. The monoisotopic (exact) mass is 583 g/mol. The average Bonchev–Trinajstić information content (AvgIpc) is 2.98. The number of hydrogen-bond acceptors (Lipinski definition) is 6. The van der Waals surface area contributed by atoms with Crippen LogP contribution in [0.3, 0.4) is 0 Å². The van der Waals surface area contributed by atoms with E-state index < -0.39 is 0 Å². The third-order valence-electron chi connectivity index (χ3n) is 7.64. The third-order valence-corrected chi connectivity index (χ3v) is 8.13. The Morgan fingerprint density at radius 3 is 2.64 bits per heavy atom. The highest BCUT2D eigenvalue weighted by Gasteiger charge is 2.27. The van der Waals surface area contributed by atoms with Crippen LogP contribution >= 0.6 is 15.9 Å². The zero-order valence-corrected chi connectivity index (χ0v) is 23.7. The summed E-state index contributed by atoms with van der Waals surface area (Å²) in [5.74, 6) is 0.914. The van der Waals surface area contributed by atoms with Crippen LogP contribution in [0.15, 0.2) is 83.5 Å². The van der Waals surface area contributed by atoms with Gasteiger partial charge in [-0.1, -0.05) is 64.5 Å². The fourth-order valence-corrected chi connectivity index (χ4v) is 5.94. The highest BCUT2D eigenvalue weighted by Crippen LogP contribution is 2.42. The minimum atomic E-state index is 0.287. The minimum Gasteiger partial charge on any atom is -0.379 e. The largest absolute Gasteiger partial charge is 0.379 e. The molecule has 0 amide bonds. The Labute approximate surface area is 239 Å². The Morgan fingerprint density at radius 1 is 0.949 bits per heavy atom. The van der Waals surface area contributed by atoms with Crippen molar-refractivity contribution in [2.75, 3.05) is 51.3 Å². The molecule has 6 rings (SSSR count). The van der Waals surface area contributed by atoms with E-state index in [1.807, 2.05) is 6.20 Å². The van der Waals surface area contributed by atoms with Gasteiger partial charge in [-0.15, -0.1) is 0 Å². The molecule has 0 radical (unpaired) electrons. The number of hydrogen-bond donors (Lipinski definition) is 2. The van der Waals surface area contributed by atoms with Crippen LogP contribution in [0.4, 0.5) is 11.6 Å². The van der Waals surface area contributed by atoms with Crippen LogP contribution in [0, 0.1) is 0 Å². The van der Waals surface area contributed by atoms with E-state index in [-0.39, 0.29) is 5.92 Å². The summed E-state index contributed by atoms with van der Waals surface area (Å²) in [4.78, 5) is 12.1. The van der Waals surface area contributed by atoms with E-state index in [2.05, 4.69) is 109 Å². The van der Waals surface area contributed by atoms with Crippen LogP contribution in [0.2, 0.25) is 0 Å². The lowest BCUT2D eigenvalue weighted by Crippen LogP contribution is -2.40. The van der Waals surface area contributed by atoms with E-state index in [0.29, 0.717) is 5.95 Å². The number of fused-ring (bicyclic) bond motifs is 3. The second kappa shape index (κ2) is 12.4. The maximum atomic E-state index is 5.42. The van der Waals surface area contributed by atoms with Crippen molar-refractivity contribution in [2.45, 2.75) is 18.8 Å². The van der Waals surface area contributed by atoms with Gasteiger partial charge in [-0.2, -0.15) is 0 Å². The van der Waals surface area contributed by atoms with Crippen LogP contribution in [0.5, 0.6) is 0 Å². The van der Waals surface area contributed by atoms with Gasteiger partial charge in [0, 0.05) is 54.0 Å². The molecule has 0 bridgehead atoms. The summed E-state index contributed by atoms with van der Waals surface area (Å²) in [6.45, 7) is 6.88. The Bertz CT molecular complexity index is 1400.